The SMILES string of the molecule is O=C(c1ccc2ccccn12)N1CCC2(CCN(CCN3CCOCC3)C2=O)C1. The van der Waals surface area contributed by atoms with Crippen LogP contribution in [0.25, 0.3) is 5.52 Å². The van der Waals surface area contributed by atoms with Crippen LogP contribution in [-0.2, 0) is 9.53 Å². The highest BCUT2D eigenvalue weighted by Crippen LogP contribution is 2.41. The van der Waals surface area contributed by atoms with Crippen LogP contribution in [0.3, 0.4) is 0 Å². The Labute approximate surface area is 170 Å². The first-order valence-corrected chi connectivity index (χ1v) is 10.6. The average Bonchev–Trinajstić information content (AvgIpc) is 3.46. The third-order valence-electron chi connectivity index (χ3n) is 6.81. The van der Waals surface area contributed by atoms with Crippen LogP contribution in [0.2, 0.25) is 0 Å². The van der Waals surface area contributed by atoms with Crippen molar-refractivity contribution in [2.45, 2.75) is 12.8 Å². The predicted molar refractivity (Wildman–Crippen MR) is 109 cm³/mol. The Morgan fingerprint density at radius 3 is 2.69 bits per heavy atom. The third kappa shape index (κ3) is 3.32. The lowest BCUT2D eigenvalue weighted by Crippen LogP contribution is -2.44. The molecule has 5 heterocycles. The van der Waals surface area contributed by atoms with Crippen LogP contribution in [0.5, 0.6) is 0 Å². The van der Waals surface area contributed by atoms with Crippen molar-refractivity contribution in [3.8, 4) is 0 Å². The van der Waals surface area contributed by atoms with Crippen molar-refractivity contribution >= 4 is 17.3 Å². The van der Waals surface area contributed by atoms with Gasteiger partial charge in [0.25, 0.3) is 5.91 Å². The van der Waals surface area contributed by atoms with E-state index < -0.39 is 0 Å². The van der Waals surface area contributed by atoms with Gasteiger partial charge in [0, 0.05) is 57.5 Å². The molecular formula is C22H28N4O3. The number of aromatic nitrogens is 1. The summed E-state index contributed by atoms with van der Waals surface area (Å²) in [7, 11) is 0. The monoisotopic (exact) mass is 396 g/mol. The first-order chi connectivity index (χ1) is 14.2. The van der Waals surface area contributed by atoms with Crippen molar-refractivity contribution in [3.63, 3.8) is 0 Å². The Morgan fingerprint density at radius 1 is 1.00 bits per heavy atom. The van der Waals surface area contributed by atoms with Crippen molar-refractivity contribution in [1.82, 2.24) is 19.1 Å². The molecule has 7 nitrogen and oxygen atoms in total. The lowest BCUT2D eigenvalue weighted by molar-refractivity contribution is -0.135. The summed E-state index contributed by atoms with van der Waals surface area (Å²) in [6, 6.07) is 9.75. The summed E-state index contributed by atoms with van der Waals surface area (Å²) in [5.74, 6) is 0.258. The second-order valence-corrected chi connectivity index (χ2v) is 8.47. The number of carbonyl (C=O) groups is 2. The molecule has 1 spiro atoms. The molecule has 0 aliphatic carbocycles. The van der Waals surface area contributed by atoms with Crippen LogP contribution in [0.4, 0.5) is 0 Å². The molecule has 0 aromatic carbocycles. The summed E-state index contributed by atoms with van der Waals surface area (Å²) in [5.41, 5.74) is 1.30. The fraction of sp³-hybridized carbons (Fsp3) is 0.545. The van der Waals surface area contributed by atoms with E-state index in [0.29, 0.717) is 18.8 Å². The lowest BCUT2D eigenvalue weighted by atomic mass is 9.85. The molecule has 2 aromatic rings. The van der Waals surface area contributed by atoms with E-state index in [2.05, 4.69) is 4.90 Å². The zero-order valence-corrected chi connectivity index (χ0v) is 16.8. The molecule has 0 bridgehead atoms. The highest BCUT2D eigenvalue weighted by molar-refractivity contribution is 5.95. The number of pyridine rings is 1. The van der Waals surface area contributed by atoms with E-state index in [1.807, 2.05) is 50.7 Å². The highest BCUT2D eigenvalue weighted by Gasteiger charge is 2.51. The quantitative estimate of drug-likeness (QED) is 0.783. The lowest BCUT2D eigenvalue weighted by Gasteiger charge is -2.29. The zero-order chi connectivity index (χ0) is 19.8. The van der Waals surface area contributed by atoms with E-state index in [1.54, 1.807) is 0 Å². The number of morpholine rings is 1. The van der Waals surface area contributed by atoms with Gasteiger partial charge in [0.1, 0.15) is 5.69 Å². The van der Waals surface area contributed by atoms with Gasteiger partial charge in [-0.05, 0) is 37.1 Å². The van der Waals surface area contributed by atoms with E-state index in [9.17, 15) is 9.59 Å². The Morgan fingerprint density at radius 2 is 1.83 bits per heavy atom. The van der Waals surface area contributed by atoms with E-state index in [1.165, 1.54) is 0 Å². The van der Waals surface area contributed by atoms with E-state index in [4.69, 9.17) is 4.74 Å². The number of rotatable bonds is 4. The van der Waals surface area contributed by atoms with Crippen LogP contribution < -0.4 is 0 Å². The number of likely N-dealkylation sites (tertiary alicyclic amines) is 2. The van der Waals surface area contributed by atoms with Gasteiger partial charge in [-0.25, -0.2) is 0 Å². The zero-order valence-electron chi connectivity index (χ0n) is 16.8. The average molecular weight is 396 g/mol. The van der Waals surface area contributed by atoms with Gasteiger partial charge in [0.15, 0.2) is 0 Å². The number of hydrogen-bond acceptors (Lipinski definition) is 4. The molecule has 5 rings (SSSR count). The maximum Gasteiger partial charge on any atom is 0.270 e. The second-order valence-electron chi connectivity index (χ2n) is 8.47. The maximum absolute atomic E-state index is 13.2. The van der Waals surface area contributed by atoms with Crippen LogP contribution in [0.15, 0.2) is 36.5 Å². The van der Waals surface area contributed by atoms with Gasteiger partial charge in [0.2, 0.25) is 5.91 Å². The highest BCUT2D eigenvalue weighted by atomic mass is 16.5. The molecule has 3 aliphatic heterocycles. The number of nitrogens with zero attached hydrogens (tertiary/aromatic N) is 4. The molecule has 29 heavy (non-hydrogen) atoms. The van der Waals surface area contributed by atoms with E-state index in [0.717, 1.165) is 64.3 Å². The number of hydrogen-bond donors (Lipinski definition) is 0. The molecule has 2 amide bonds. The minimum atomic E-state index is -0.381. The predicted octanol–water partition coefficient (Wildman–Crippen LogP) is 1.34. The molecule has 0 N–H and O–H groups in total. The maximum atomic E-state index is 13.2. The number of carbonyl (C=O) groups excluding carboxylic acids is 2. The van der Waals surface area contributed by atoms with Gasteiger partial charge >= 0.3 is 0 Å². The Bertz CT molecular complexity index is 920. The fourth-order valence-corrected chi connectivity index (χ4v) is 5.01. The molecule has 3 fully saturated rings. The standard InChI is InChI=1S/C22H28N4O3/c27-20(19-5-4-18-3-1-2-8-26(18)19)25-10-7-22(17-25)6-9-24(21(22)28)12-11-23-13-15-29-16-14-23/h1-5,8H,6-7,9-17H2. The molecule has 7 heteroatoms. The van der Waals surface area contributed by atoms with Crippen molar-refractivity contribution in [2.24, 2.45) is 5.41 Å². The molecule has 3 aliphatic rings. The van der Waals surface area contributed by atoms with Crippen molar-refractivity contribution in [1.29, 1.82) is 0 Å². The van der Waals surface area contributed by atoms with Gasteiger partial charge < -0.3 is 18.9 Å². The van der Waals surface area contributed by atoms with Gasteiger partial charge in [-0.1, -0.05) is 6.07 Å². The number of amides is 2. The first-order valence-electron chi connectivity index (χ1n) is 10.6. The van der Waals surface area contributed by atoms with E-state index in [-0.39, 0.29) is 17.2 Å². The van der Waals surface area contributed by atoms with Crippen molar-refractivity contribution < 1.29 is 14.3 Å². The summed E-state index contributed by atoms with van der Waals surface area (Å²) in [5, 5.41) is 0. The van der Waals surface area contributed by atoms with Gasteiger partial charge in [0.05, 0.1) is 18.6 Å². The van der Waals surface area contributed by atoms with Crippen LogP contribution >= 0.6 is 0 Å². The fourth-order valence-electron chi connectivity index (χ4n) is 5.01. The molecule has 3 saturated heterocycles. The smallest absolute Gasteiger partial charge is 0.270 e. The van der Waals surface area contributed by atoms with Crippen LogP contribution in [-0.4, -0.2) is 89.9 Å². The third-order valence-corrected chi connectivity index (χ3v) is 6.81. The van der Waals surface area contributed by atoms with E-state index >= 15 is 0 Å². The Balaban J connectivity index is 1.24. The summed E-state index contributed by atoms with van der Waals surface area (Å²) in [6.07, 6.45) is 3.55. The number of fused-ring (bicyclic) bond motifs is 1. The first kappa shape index (κ1) is 18.6. The van der Waals surface area contributed by atoms with Crippen molar-refractivity contribution in [3.05, 3.63) is 42.2 Å². The summed E-state index contributed by atoms with van der Waals surface area (Å²) < 4.78 is 7.33. The normalized spacial score (nSPS) is 25.6. The Kier molecular flexibility index (Phi) is 4.80. The molecule has 0 saturated carbocycles. The largest absolute Gasteiger partial charge is 0.379 e. The molecule has 2 aromatic heterocycles. The Hall–Kier alpha value is -2.38. The van der Waals surface area contributed by atoms with Crippen molar-refractivity contribution in [2.75, 3.05) is 59.0 Å². The topological polar surface area (TPSA) is 57.5 Å². The molecule has 0 radical (unpaired) electrons. The second kappa shape index (κ2) is 7.46. The number of ether oxygens (including phenoxy) is 1. The summed E-state index contributed by atoms with van der Waals surface area (Å²) in [6.45, 7) is 7.13. The van der Waals surface area contributed by atoms with Gasteiger partial charge in [-0.3, -0.25) is 14.5 Å². The molecule has 154 valence electrons. The van der Waals surface area contributed by atoms with Gasteiger partial charge in [-0.15, -0.1) is 0 Å². The minimum absolute atomic E-state index is 0.0210. The summed E-state index contributed by atoms with van der Waals surface area (Å²) in [4.78, 5) is 32.6. The van der Waals surface area contributed by atoms with Crippen LogP contribution in [0.1, 0.15) is 23.3 Å². The molecule has 1 atom stereocenters. The molecular weight excluding hydrogens is 368 g/mol. The minimum Gasteiger partial charge on any atom is -0.379 e. The van der Waals surface area contributed by atoms with Crippen LogP contribution in [0, 0.1) is 5.41 Å². The van der Waals surface area contributed by atoms with Gasteiger partial charge in [-0.2, -0.15) is 0 Å². The summed E-state index contributed by atoms with van der Waals surface area (Å²) >= 11 is 0. The molecule has 1 unspecified atom stereocenters.